The van der Waals surface area contributed by atoms with Crippen LogP contribution in [-0.4, -0.2) is 23.6 Å². The number of benzene rings is 1. The molecule has 0 heterocycles. The Hall–Kier alpha value is -1.70. The van der Waals surface area contributed by atoms with Gasteiger partial charge in [-0.25, -0.2) is 8.78 Å². The molecule has 1 aromatic carbocycles. The highest BCUT2D eigenvalue weighted by molar-refractivity contribution is 5.76. The fraction of sp³-hybridized carbons (Fsp3) is 0.364. The Balaban J connectivity index is 3.16. The number of rotatable bonds is 4. The molecule has 0 bridgehead atoms. The number of hydrogen-bond acceptors (Lipinski definition) is 2. The van der Waals surface area contributed by atoms with Crippen molar-refractivity contribution in [3.63, 3.8) is 0 Å². The maximum Gasteiger partial charge on any atom is 0.427 e. The van der Waals surface area contributed by atoms with Gasteiger partial charge in [-0.3, -0.25) is 4.79 Å². The van der Waals surface area contributed by atoms with Crippen LogP contribution in [0.2, 0.25) is 0 Å². The summed E-state index contributed by atoms with van der Waals surface area (Å²) in [5.41, 5.74) is -0.0981. The maximum atomic E-state index is 12.5. The Kier molecular flexibility index (Phi) is 4.14. The first-order chi connectivity index (χ1) is 8.59. The minimum absolute atomic E-state index is 0.237. The second kappa shape index (κ2) is 5.12. The molecule has 8 heteroatoms. The molecule has 106 valence electrons. The average Bonchev–Trinajstić information content (AvgIpc) is 2.26. The van der Waals surface area contributed by atoms with Gasteiger partial charge in [0, 0.05) is 0 Å². The van der Waals surface area contributed by atoms with Gasteiger partial charge in [0.25, 0.3) is 6.43 Å². The molecule has 0 radical (unpaired) electrons. The predicted octanol–water partition coefficient (Wildman–Crippen LogP) is 1.73. The average molecular weight is 283 g/mol. The van der Waals surface area contributed by atoms with Crippen LogP contribution in [0.3, 0.4) is 0 Å². The highest BCUT2D eigenvalue weighted by atomic mass is 19.4. The quantitative estimate of drug-likeness (QED) is 0.827. The molecule has 1 atom stereocenters. The first-order valence-electron chi connectivity index (χ1n) is 5.04. The minimum atomic E-state index is -5.52. The van der Waals surface area contributed by atoms with Crippen molar-refractivity contribution in [2.45, 2.75) is 24.6 Å². The van der Waals surface area contributed by atoms with Crippen LogP contribution >= 0.6 is 0 Å². The summed E-state index contributed by atoms with van der Waals surface area (Å²) in [7, 11) is 0. The molecule has 1 aromatic rings. The molecule has 3 nitrogen and oxygen atoms in total. The van der Waals surface area contributed by atoms with E-state index in [0.717, 1.165) is 12.1 Å². The molecule has 1 rings (SSSR count). The highest BCUT2D eigenvalue weighted by Gasteiger charge is 2.61. The Labute approximate surface area is 104 Å². The van der Waals surface area contributed by atoms with E-state index in [4.69, 9.17) is 5.73 Å². The SMILES string of the molecule is NC(=O)Cc1ccc([C@](O)(C(F)F)C(F)(F)F)cc1. The molecule has 0 aromatic heterocycles. The van der Waals surface area contributed by atoms with Gasteiger partial charge in [0.2, 0.25) is 11.5 Å². The number of hydrogen-bond donors (Lipinski definition) is 2. The number of carbonyl (C=O) groups excluding carboxylic acids is 1. The van der Waals surface area contributed by atoms with Gasteiger partial charge in [-0.2, -0.15) is 13.2 Å². The number of aliphatic hydroxyl groups is 1. The molecule has 1 amide bonds. The van der Waals surface area contributed by atoms with Crippen molar-refractivity contribution < 1.29 is 31.9 Å². The normalized spacial score (nSPS) is 15.3. The van der Waals surface area contributed by atoms with Crippen LogP contribution in [0.15, 0.2) is 24.3 Å². The van der Waals surface area contributed by atoms with E-state index in [1.165, 1.54) is 0 Å². The monoisotopic (exact) mass is 283 g/mol. The summed E-state index contributed by atoms with van der Waals surface area (Å²) in [6, 6.07) is 3.44. The number of primary amides is 1. The zero-order valence-corrected chi connectivity index (χ0v) is 9.42. The molecular formula is C11H10F5NO2. The molecule has 0 saturated carbocycles. The maximum absolute atomic E-state index is 12.5. The lowest BCUT2D eigenvalue weighted by Crippen LogP contribution is -2.48. The molecule has 19 heavy (non-hydrogen) atoms. The summed E-state index contributed by atoms with van der Waals surface area (Å²) in [6.45, 7) is 0. The summed E-state index contributed by atoms with van der Waals surface area (Å²) < 4.78 is 62.7. The molecule has 0 fully saturated rings. The van der Waals surface area contributed by atoms with Crippen molar-refractivity contribution in [3.05, 3.63) is 35.4 Å². The molecule has 0 aliphatic carbocycles. The summed E-state index contributed by atoms with van der Waals surface area (Å²) in [5.74, 6) is -0.715. The second-order valence-corrected chi connectivity index (χ2v) is 3.90. The number of carbonyl (C=O) groups is 1. The van der Waals surface area contributed by atoms with Crippen molar-refractivity contribution >= 4 is 5.91 Å². The predicted molar refractivity (Wildman–Crippen MR) is 55.3 cm³/mol. The lowest BCUT2D eigenvalue weighted by molar-refractivity contribution is -0.305. The fourth-order valence-corrected chi connectivity index (χ4v) is 1.49. The van der Waals surface area contributed by atoms with Gasteiger partial charge in [-0.1, -0.05) is 24.3 Å². The summed E-state index contributed by atoms with van der Waals surface area (Å²) in [4.78, 5) is 10.6. The first kappa shape index (κ1) is 15.4. The van der Waals surface area contributed by atoms with Crippen molar-refractivity contribution in [1.82, 2.24) is 0 Å². The van der Waals surface area contributed by atoms with Crippen molar-refractivity contribution in [3.8, 4) is 0 Å². The van der Waals surface area contributed by atoms with Crippen LogP contribution in [0.5, 0.6) is 0 Å². The van der Waals surface area contributed by atoms with E-state index in [0.29, 0.717) is 12.1 Å². The summed E-state index contributed by atoms with van der Waals surface area (Å²) >= 11 is 0. The van der Waals surface area contributed by atoms with E-state index in [1.807, 2.05) is 0 Å². The molecule has 3 N–H and O–H groups in total. The van der Waals surface area contributed by atoms with Gasteiger partial charge in [0.1, 0.15) is 0 Å². The largest absolute Gasteiger partial charge is 0.427 e. The van der Waals surface area contributed by atoms with E-state index in [1.54, 1.807) is 0 Å². The van der Waals surface area contributed by atoms with Crippen LogP contribution in [0.4, 0.5) is 22.0 Å². The number of amides is 1. The first-order valence-corrected chi connectivity index (χ1v) is 5.04. The second-order valence-electron chi connectivity index (χ2n) is 3.90. The third-order valence-electron chi connectivity index (χ3n) is 2.52. The molecule has 0 spiro atoms. The number of halogens is 5. The van der Waals surface area contributed by atoms with Crippen LogP contribution in [0.1, 0.15) is 11.1 Å². The van der Waals surface area contributed by atoms with E-state index in [2.05, 4.69) is 0 Å². The van der Waals surface area contributed by atoms with Crippen LogP contribution in [0, 0.1) is 0 Å². The van der Waals surface area contributed by atoms with Gasteiger partial charge in [-0.15, -0.1) is 0 Å². The molecule has 0 aliphatic rings. The summed E-state index contributed by atoms with van der Waals surface area (Å²) in [6.07, 6.45) is -9.79. The Morgan fingerprint density at radius 2 is 1.68 bits per heavy atom. The van der Waals surface area contributed by atoms with E-state index in [9.17, 15) is 31.9 Å². The zero-order valence-electron chi connectivity index (χ0n) is 9.42. The Morgan fingerprint density at radius 1 is 1.21 bits per heavy atom. The standard InChI is InChI=1S/C11H10F5NO2/c12-9(13)10(19,11(14,15)16)7-3-1-6(2-4-7)5-8(17)18/h1-4,9,19H,5H2,(H2,17,18)/t10-/m0/s1. The molecular weight excluding hydrogens is 273 g/mol. The lowest BCUT2D eigenvalue weighted by atomic mass is 9.92. The van der Waals surface area contributed by atoms with Crippen LogP contribution in [-0.2, 0) is 16.8 Å². The van der Waals surface area contributed by atoms with E-state index in [-0.39, 0.29) is 12.0 Å². The van der Waals surface area contributed by atoms with Gasteiger partial charge < -0.3 is 10.8 Å². The highest BCUT2D eigenvalue weighted by Crippen LogP contribution is 2.43. The van der Waals surface area contributed by atoms with Crippen molar-refractivity contribution in [2.75, 3.05) is 0 Å². The van der Waals surface area contributed by atoms with E-state index >= 15 is 0 Å². The fourth-order valence-electron chi connectivity index (χ4n) is 1.49. The lowest BCUT2D eigenvalue weighted by Gasteiger charge is -2.30. The van der Waals surface area contributed by atoms with E-state index < -0.39 is 29.7 Å². The number of nitrogens with two attached hydrogens (primary N) is 1. The number of alkyl halides is 5. The van der Waals surface area contributed by atoms with Crippen LogP contribution in [0.25, 0.3) is 0 Å². The molecule has 0 unspecified atom stereocenters. The molecule has 0 aliphatic heterocycles. The Morgan fingerprint density at radius 3 is 2.00 bits per heavy atom. The third kappa shape index (κ3) is 3.01. The molecule has 0 saturated heterocycles. The summed E-state index contributed by atoms with van der Waals surface area (Å²) in [5, 5.41) is 9.20. The van der Waals surface area contributed by atoms with Gasteiger partial charge >= 0.3 is 6.18 Å². The van der Waals surface area contributed by atoms with Crippen molar-refractivity contribution in [2.24, 2.45) is 5.73 Å². The topological polar surface area (TPSA) is 63.3 Å². The van der Waals surface area contributed by atoms with Gasteiger partial charge in [0.15, 0.2) is 0 Å². The Bertz CT molecular complexity index is 457. The third-order valence-corrected chi connectivity index (χ3v) is 2.52. The smallest absolute Gasteiger partial charge is 0.372 e. The zero-order chi connectivity index (χ0) is 14.8. The van der Waals surface area contributed by atoms with Gasteiger partial charge in [0.05, 0.1) is 6.42 Å². The van der Waals surface area contributed by atoms with Gasteiger partial charge in [-0.05, 0) is 11.1 Å². The van der Waals surface area contributed by atoms with Crippen LogP contribution < -0.4 is 5.73 Å². The minimum Gasteiger partial charge on any atom is -0.372 e. The van der Waals surface area contributed by atoms with Crippen molar-refractivity contribution in [1.29, 1.82) is 0 Å².